The summed E-state index contributed by atoms with van der Waals surface area (Å²) >= 11 is 1.21. The van der Waals surface area contributed by atoms with Crippen LogP contribution in [-0.2, 0) is 17.9 Å². The molecule has 3 heterocycles. The lowest BCUT2D eigenvalue weighted by molar-refractivity contribution is -0.139. The zero-order valence-corrected chi connectivity index (χ0v) is 20.5. The van der Waals surface area contributed by atoms with Gasteiger partial charge in [0.15, 0.2) is 5.01 Å². The average molecular weight is 507 g/mol. The molecule has 2 N–H and O–H groups in total. The summed E-state index contributed by atoms with van der Waals surface area (Å²) in [6.45, 7) is 3.11. The molecule has 35 heavy (non-hydrogen) atoms. The second-order valence-corrected chi connectivity index (χ2v) is 10.8. The van der Waals surface area contributed by atoms with E-state index in [-0.39, 0.29) is 24.4 Å². The Kier molecular flexibility index (Phi) is 6.47. The highest BCUT2D eigenvalue weighted by Gasteiger charge is 2.39. The zero-order valence-electron chi connectivity index (χ0n) is 19.7. The molecule has 1 aromatic carbocycles. The maximum Gasteiger partial charge on any atom is 0.406 e. The number of benzene rings is 1. The average Bonchev–Trinajstić information content (AvgIpc) is 3.20. The smallest absolute Gasteiger partial charge is 0.382 e. The number of alkyl halides is 3. The first-order valence-corrected chi connectivity index (χ1v) is 12.7. The number of fused-ring (bicyclic) bond motifs is 1. The van der Waals surface area contributed by atoms with E-state index in [9.17, 15) is 18.0 Å². The molecule has 1 saturated heterocycles. The van der Waals surface area contributed by atoms with Gasteiger partial charge in [-0.15, -0.1) is 10.2 Å². The van der Waals surface area contributed by atoms with E-state index in [2.05, 4.69) is 32.8 Å². The van der Waals surface area contributed by atoms with Gasteiger partial charge in [-0.25, -0.2) is 0 Å². The van der Waals surface area contributed by atoms with Gasteiger partial charge in [0.1, 0.15) is 11.6 Å². The molecule has 2 fully saturated rings. The Balaban J connectivity index is 1.43. The first-order chi connectivity index (χ1) is 16.7. The molecule has 11 heteroatoms. The van der Waals surface area contributed by atoms with Crippen LogP contribution < -0.4 is 10.6 Å². The summed E-state index contributed by atoms with van der Waals surface area (Å²) in [6, 6.07) is 7.46. The molecular weight excluding hydrogens is 477 g/mol. The van der Waals surface area contributed by atoms with Gasteiger partial charge in [-0.2, -0.15) is 13.2 Å². The fourth-order valence-corrected chi connectivity index (χ4v) is 5.52. The number of halogens is 3. The number of piperidine rings is 1. The Morgan fingerprint density at radius 1 is 1.23 bits per heavy atom. The van der Waals surface area contributed by atoms with Gasteiger partial charge in [-0.1, -0.05) is 24.3 Å². The molecule has 7 nitrogen and oxygen atoms in total. The first-order valence-electron chi connectivity index (χ1n) is 11.9. The number of amides is 1. The minimum absolute atomic E-state index is 0.00921. The summed E-state index contributed by atoms with van der Waals surface area (Å²) in [5.74, 6) is 0.438. The number of rotatable bonds is 7. The molecule has 0 bridgehead atoms. The van der Waals surface area contributed by atoms with Crippen LogP contribution >= 0.6 is 11.3 Å². The second kappa shape index (κ2) is 9.42. The molecule has 0 spiro atoms. The third kappa shape index (κ3) is 5.45. The number of nitrogens with one attached hydrogen (secondary N) is 2. The summed E-state index contributed by atoms with van der Waals surface area (Å²) in [4.78, 5) is 14.4. The predicted molar refractivity (Wildman–Crippen MR) is 130 cm³/mol. The van der Waals surface area contributed by atoms with E-state index in [1.54, 1.807) is 18.2 Å². The van der Waals surface area contributed by atoms with Gasteiger partial charge in [0, 0.05) is 23.0 Å². The van der Waals surface area contributed by atoms with Crippen molar-refractivity contribution in [1.82, 2.24) is 25.0 Å². The lowest BCUT2D eigenvalue weighted by atomic mass is 10.0. The number of carbonyl (C=O) groups excluding carboxylic acids is 1. The van der Waals surface area contributed by atoms with Gasteiger partial charge in [0.25, 0.3) is 0 Å². The van der Waals surface area contributed by atoms with E-state index in [0.717, 1.165) is 43.4 Å². The van der Waals surface area contributed by atoms with Crippen LogP contribution in [0.1, 0.15) is 31.2 Å². The fraction of sp³-hybridized carbons (Fsp3) is 0.542. The molecule has 2 atom stereocenters. The molecule has 1 saturated carbocycles. The molecular formula is C24H29F3N6OS. The summed E-state index contributed by atoms with van der Waals surface area (Å²) in [5.41, 5.74) is 1.71. The first kappa shape index (κ1) is 24.1. The molecule has 1 aliphatic heterocycles. The normalized spacial score (nSPS) is 21.4. The number of likely N-dealkylation sites (tertiary alicyclic amines) is 1. The Hall–Kier alpha value is -2.66. The van der Waals surface area contributed by atoms with Crippen molar-refractivity contribution in [3.05, 3.63) is 29.3 Å². The Labute approximate surface area is 205 Å². The maximum absolute atomic E-state index is 13.6. The van der Waals surface area contributed by atoms with Crippen LogP contribution in [0.25, 0.3) is 21.6 Å². The third-order valence-electron chi connectivity index (χ3n) is 6.91. The minimum Gasteiger partial charge on any atom is -0.382 e. The van der Waals surface area contributed by atoms with Crippen LogP contribution in [0.5, 0.6) is 0 Å². The highest BCUT2D eigenvalue weighted by atomic mass is 32.1. The molecule has 1 amide bonds. The van der Waals surface area contributed by atoms with Crippen LogP contribution in [0.3, 0.4) is 0 Å². The van der Waals surface area contributed by atoms with Crippen molar-refractivity contribution in [1.29, 1.82) is 0 Å². The van der Waals surface area contributed by atoms with Crippen molar-refractivity contribution in [2.24, 2.45) is 11.8 Å². The second-order valence-electron chi connectivity index (χ2n) is 9.73. The molecule has 1 aliphatic carbocycles. The van der Waals surface area contributed by atoms with E-state index >= 15 is 0 Å². The minimum atomic E-state index is -4.39. The van der Waals surface area contributed by atoms with Gasteiger partial charge >= 0.3 is 6.18 Å². The SMILES string of the molecule is CC1CC1C(=O)NCc1nnc(-c2cc3c(NC4CCN(C)CC4)cccc3n2CC(F)(F)F)s1. The quantitative estimate of drug-likeness (QED) is 0.494. The lowest BCUT2D eigenvalue weighted by Crippen LogP contribution is -2.36. The standard InChI is InChI=1S/C24H29F3N6OS/c1-14-10-16(14)22(34)28-12-21-30-31-23(35-21)20-11-17-18(29-15-6-8-32(2)9-7-15)4-3-5-19(17)33(20)13-24(25,26)27/h3-5,11,14-16,29H,6-10,12-13H2,1-2H3,(H,28,34). The molecule has 188 valence electrons. The summed E-state index contributed by atoms with van der Waals surface area (Å²) in [5, 5.41) is 16.4. The molecule has 2 unspecified atom stereocenters. The van der Waals surface area contributed by atoms with Crippen LogP contribution in [0.4, 0.5) is 18.9 Å². The topological polar surface area (TPSA) is 75.1 Å². The van der Waals surface area contributed by atoms with E-state index < -0.39 is 12.7 Å². The molecule has 5 rings (SSSR count). The van der Waals surface area contributed by atoms with Crippen LogP contribution in [0.2, 0.25) is 0 Å². The number of aromatic nitrogens is 3. The number of anilines is 1. The summed E-state index contributed by atoms with van der Waals surface area (Å²) in [7, 11) is 2.09. The van der Waals surface area contributed by atoms with E-state index in [1.165, 1.54) is 15.9 Å². The molecule has 0 radical (unpaired) electrons. The largest absolute Gasteiger partial charge is 0.406 e. The van der Waals surface area contributed by atoms with Gasteiger partial charge in [0.2, 0.25) is 5.91 Å². The van der Waals surface area contributed by atoms with Crippen molar-refractivity contribution in [2.75, 3.05) is 25.5 Å². The van der Waals surface area contributed by atoms with Crippen molar-refractivity contribution in [3.63, 3.8) is 0 Å². The van der Waals surface area contributed by atoms with E-state index in [0.29, 0.717) is 27.1 Å². The number of hydrogen-bond acceptors (Lipinski definition) is 6. The highest BCUT2D eigenvalue weighted by Crippen LogP contribution is 2.38. The van der Waals surface area contributed by atoms with Crippen molar-refractivity contribution in [3.8, 4) is 10.7 Å². The van der Waals surface area contributed by atoms with Crippen LogP contribution in [0, 0.1) is 11.8 Å². The number of carbonyl (C=O) groups is 1. The van der Waals surface area contributed by atoms with E-state index in [1.807, 2.05) is 13.0 Å². The van der Waals surface area contributed by atoms with Gasteiger partial charge < -0.3 is 20.1 Å². The molecule has 2 aliphatic rings. The number of nitrogens with zero attached hydrogens (tertiary/aromatic N) is 4. The van der Waals surface area contributed by atoms with Crippen molar-refractivity contribution < 1.29 is 18.0 Å². The Morgan fingerprint density at radius 3 is 2.66 bits per heavy atom. The van der Waals surface area contributed by atoms with Gasteiger partial charge in [-0.3, -0.25) is 4.79 Å². The molecule has 3 aromatic rings. The number of hydrogen-bond donors (Lipinski definition) is 2. The van der Waals surface area contributed by atoms with Gasteiger partial charge in [-0.05, 0) is 63.5 Å². The Bertz CT molecular complexity index is 1210. The monoisotopic (exact) mass is 506 g/mol. The summed E-state index contributed by atoms with van der Waals surface area (Å²) < 4.78 is 41.9. The van der Waals surface area contributed by atoms with Crippen LogP contribution in [0.15, 0.2) is 24.3 Å². The van der Waals surface area contributed by atoms with E-state index in [4.69, 9.17) is 0 Å². The predicted octanol–water partition coefficient (Wildman–Crippen LogP) is 4.50. The Morgan fingerprint density at radius 2 is 1.97 bits per heavy atom. The van der Waals surface area contributed by atoms with Crippen molar-refractivity contribution in [2.45, 2.75) is 51.5 Å². The third-order valence-corrected chi connectivity index (χ3v) is 7.85. The van der Waals surface area contributed by atoms with Crippen molar-refractivity contribution >= 4 is 33.8 Å². The zero-order chi connectivity index (χ0) is 24.7. The molecule has 2 aromatic heterocycles. The lowest BCUT2D eigenvalue weighted by Gasteiger charge is -2.30. The van der Waals surface area contributed by atoms with Crippen LogP contribution in [-0.4, -0.2) is 57.9 Å². The highest BCUT2D eigenvalue weighted by molar-refractivity contribution is 7.14. The van der Waals surface area contributed by atoms with Gasteiger partial charge in [0.05, 0.1) is 17.8 Å². The summed E-state index contributed by atoms with van der Waals surface area (Å²) in [6.07, 6.45) is -1.54. The fourth-order valence-electron chi connectivity index (χ4n) is 4.72. The maximum atomic E-state index is 13.6.